The lowest BCUT2D eigenvalue weighted by atomic mass is 9.96. The van der Waals surface area contributed by atoms with E-state index in [0.717, 1.165) is 0 Å². The molecule has 2 fully saturated rings. The fourth-order valence-corrected chi connectivity index (χ4v) is 3.74. The molecule has 0 amide bonds. The molecular weight excluding hydrogens is 194 g/mol. The van der Waals surface area contributed by atoms with Crippen LogP contribution < -0.4 is 5.73 Å². The third-order valence-electron chi connectivity index (χ3n) is 2.75. The molecule has 1 saturated heterocycles. The maximum atomic E-state index is 10.8. The summed E-state index contributed by atoms with van der Waals surface area (Å²) in [6, 6.07) is 0. The van der Waals surface area contributed by atoms with Crippen LogP contribution in [0.1, 0.15) is 0 Å². The Bertz CT molecular complexity index is 294. The van der Waals surface area contributed by atoms with Gasteiger partial charge in [0, 0.05) is 16.9 Å². The van der Waals surface area contributed by atoms with Crippen LogP contribution in [0.2, 0.25) is 0 Å². The highest BCUT2D eigenvalue weighted by molar-refractivity contribution is 8.00. The number of rotatable bonds is 2. The zero-order chi connectivity index (χ0) is 9.80. The zero-order valence-electron chi connectivity index (χ0n) is 6.64. The van der Waals surface area contributed by atoms with Crippen LogP contribution in [0.5, 0.6) is 0 Å². The van der Waals surface area contributed by atoms with Gasteiger partial charge < -0.3 is 15.9 Å². The van der Waals surface area contributed by atoms with E-state index in [2.05, 4.69) is 0 Å². The van der Waals surface area contributed by atoms with Crippen LogP contribution in [0, 0.1) is 11.8 Å². The first-order chi connectivity index (χ1) is 5.98. The maximum Gasteiger partial charge on any atom is 0.324 e. The summed E-state index contributed by atoms with van der Waals surface area (Å²) in [5.74, 6) is -2.64. The lowest BCUT2D eigenvalue weighted by molar-refractivity contribution is -0.144. The van der Waals surface area contributed by atoms with Crippen LogP contribution >= 0.6 is 11.8 Å². The lowest BCUT2D eigenvalue weighted by Gasteiger charge is -2.20. The maximum absolute atomic E-state index is 10.8. The first-order valence-electron chi connectivity index (χ1n) is 3.85. The second kappa shape index (κ2) is 2.39. The van der Waals surface area contributed by atoms with Crippen molar-refractivity contribution in [1.82, 2.24) is 0 Å². The van der Waals surface area contributed by atoms with E-state index in [9.17, 15) is 9.59 Å². The molecule has 0 aromatic carbocycles. The highest BCUT2D eigenvalue weighted by atomic mass is 32.2. The number of carboxylic acid groups (broad SMARTS) is 2. The molecular formula is C7H9NO4S. The average molecular weight is 203 g/mol. The van der Waals surface area contributed by atoms with Gasteiger partial charge in [-0.25, -0.2) is 0 Å². The second-order valence-corrected chi connectivity index (χ2v) is 4.68. The van der Waals surface area contributed by atoms with E-state index in [1.807, 2.05) is 0 Å². The number of nitrogens with two attached hydrogens (primary N) is 1. The van der Waals surface area contributed by atoms with Crippen molar-refractivity contribution in [3.63, 3.8) is 0 Å². The van der Waals surface area contributed by atoms with Gasteiger partial charge in [0.1, 0.15) is 5.54 Å². The number of fused-ring (bicyclic) bond motifs is 1. The van der Waals surface area contributed by atoms with Crippen molar-refractivity contribution in [2.24, 2.45) is 17.6 Å². The average Bonchev–Trinajstić information content (AvgIpc) is 2.66. The van der Waals surface area contributed by atoms with Gasteiger partial charge in [0.15, 0.2) is 0 Å². The molecule has 0 aromatic heterocycles. The Balaban J connectivity index is 2.20. The van der Waals surface area contributed by atoms with E-state index in [4.69, 9.17) is 15.9 Å². The Morgan fingerprint density at radius 2 is 2.08 bits per heavy atom. The van der Waals surface area contributed by atoms with Crippen LogP contribution in [-0.2, 0) is 9.59 Å². The summed E-state index contributed by atoms with van der Waals surface area (Å²) < 4.78 is 0. The molecule has 0 aromatic rings. The Labute approximate surface area is 78.3 Å². The van der Waals surface area contributed by atoms with Gasteiger partial charge in [-0.1, -0.05) is 0 Å². The predicted molar refractivity (Wildman–Crippen MR) is 45.4 cm³/mol. The topological polar surface area (TPSA) is 101 Å². The van der Waals surface area contributed by atoms with Gasteiger partial charge in [-0.05, 0) is 0 Å². The molecule has 1 saturated carbocycles. The van der Waals surface area contributed by atoms with Gasteiger partial charge in [-0.2, -0.15) is 11.8 Å². The van der Waals surface area contributed by atoms with Crippen LogP contribution in [-0.4, -0.2) is 38.7 Å². The minimum absolute atomic E-state index is 0.0846. The van der Waals surface area contributed by atoms with E-state index in [1.165, 1.54) is 11.8 Å². The summed E-state index contributed by atoms with van der Waals surface area (Å²) in [7, 11) is 0. The molecule has 3 unspecified atom stereocenters. The minimum Gasteiger partial charge on any atom is -0.481 e. The van der Waals surface area contributed by atoms with E-state index >= 15 is 0 Å². The molecule has 72 valence electrons. The molecule has 5 nitrogen and oxygen atoms in total. The third-order valence-corrected chi connectivity index (χ3v) is 4.36. The van der Waals surface area contributed by atoms with Crippen LogP contribution in [0.25, 0.3) is 0 Å². The molecule has 4 atom stereocenters. The Hall–Kier alpha value is -0.750. The van der Waals surface area contributed by atoms with Gasteiger partial charge in [0.05, 0.1) is 5.92 Å². The van der Waals surface area contributed by atoms with Crippen molar-refractivity contribution in [1.29, 1.82) is 0 Å². The smallest absolute Gasteiger partial charge is 0.324 e. The first kappa shape index (κ1) is 8.83. The molecule has 6 heteroatoms. The zero-order valence-corrected chi connectivity index (χ0v) is 7.45. The van der Waals surface area contributed by atoms with Gasteiger partial charge in [0.2, 0.25) is 0 Å². The number of carboxylic acids is 2. The lowest BCUT2D eigenvalue weighted by Crippen LogP contribution is -2.51. The number of hydrogen-bond donors (Lipinski definition) is 3. The van der Waals surface area contributed by atoms with Crippen LogP contribution in [0.15, 0.2) is 0 Å². The van der Waals surface area contributed by atoms with Gasteiger partial charge >= 0.3 is 11.9 Å². The number of aliphatic carboxylic acids is 2. The van der Waals surface area contributed by atoms with Crippen molar-refractivity contribution in [2.45, 2.75) is 10.8 Å². The molecule has 1 aliphatic carbocycles. The van der Waals surface area contributed by atoms with Crippen molar-refractivity contribution in [3.05, 3.63) is 0 Å². The Morgan fingerprint density at radius 3 is 2.46 bits per heavy atom. The summed E-state index contributed by atoms with van der Waals surface area (Å²) in [4.78, 5) is 21.4. The fourth-order valence-electron chi connectivity index (χ4n) is 1.93. The van der Waals surface area contributed by atoms with Crippen LogP contribution in [0.4, 0.5) is 0 Å². The molecule has 13 heavy (non-hydrogen) atoms. The van der Waals surface area contributed by atoms with E-state index in [1.54, 1.807) is 0 Å². The van der Waals surface area contributed by atoms with Gasteiger partial charge in [-0.3, -0.25) is 9.59 Å². The minimum atomic E-state index is -1.32. The highest BCUT2D eigenvalue weighted by Gasteiger charge is 2.71. The summed E-state index contributed by atoms with van der Waals surface area (Å²) in [6.45, 7) is 0. The normalized spacial score (nSPS) is 47.0. The molecule has 0 radical (unpaired) electrons. The summed E-state index contributed by atoms with van der Waals surface area (Å²) in [5, 5.41) is 17.5. The van der Waals surface area contributed by atoms with E-state index in [-0.39, 0.29) is 11.2 Å². The van der Waals surface area contributed by atoms with Crippen molar-refractivity contribution in [2.75, 3.05) is 5.75 Å². The summed E-state index contributed by atoms with van der Waals surface area (Å²) in [6.07, 6.45) is 0. The summed E-state index contributed by atoms with van der Waals surface area (Å²) >= 11 is 1.36. The molecule has 0 bridgehead atoms. The second-order valence-electron chi connectivity index (χ2n) is 3.51. The quantitative estimate of drug-likeness (QED) is 0.544. The molecule has 2 rings (SSSR count). The molecule has 1 heterocycles. The van der Waals surface area contributed by atoms with Crippen molar-refractivity contribution < 1.29 is 19.8 Å². The monoisotopic (exact) mass is 203 g/mol. The highest BCUT2D eigenvalue weighted by Crippen LogP contribution is 2.60. The van der Waals surface area contributed by atoms with E-state index in [0.29, 0.717) is 5.75 Å². The third kappa shape index (κ3) is 0.986. The van der Waals surface area contributed by atoms with Crippen molar-refractivity contribution >= 4 is 23.7 Å². The van der Waals surface area contributed by atoms with Gasteiger partial charge in [-0.15, -0.1) is 0 Å². The molecule has 0 spiro atoms. The van der Waals surface area contributed by atoms with Crippen LogP contribution in [0.3, 0.4) is 0 Å². The molecule has 1 aliphatic heterocycles. The van der Waals surface area contributed by atoms with Gasteiger partial charge in [0.25, 0.3) is 0 Å². The molecule has 4 N–H and O–H groups in total. The molecule has 2 aliphatic rings. The Morgan fingerprint density at radius 1 is 1.46 bits per heavy atom. The fraction of sp³-hybridized carbons (Fsp3) is 0.714. The van der Waals surface area contributed by atoms with E-state index < -0.39 is 23.4 Å². The number of thioether (sulfide) groups is 1. The predicted octanol–water partition coefficient (Wildman–Crippen LogP) is -0.786. The standard InChI is InChI=1S/C7H9NO4S/c8-7(6(11)12)1-13-4-2(3(4)7)5(9)10/h2-4H,1,8H2,(H,9,10)(H,11,12)/t2?,3?,4?,7-/m0/s1. The summed E-state index contributed by atoms with van der Waals surface area (Å²) in [5.41, 5.74) is 4.31. The number of hydrogen-bond acceptors (Lipinski definition) is 4. The number of carbonyl (C=O) groups is 2. The Kier molecular flexibility index (Phi) is 1.62. The SMILES string of the molecule is N[C@@]1(C(=O)O)CSC2C(C(=O)O)C21. The first-order valence-corrected chi connectivity index (χ1v) is 4.90. The van der Waals surface area contributed by atoms with Crippen molar-refractivity contribution in [3.8, 4) is 0 Å². The largest absolute Gasteiger partial charge is 0.481 e.